The molecule has 0 spiro atoms. The van der Waals surface area contributed by atoms with E-state index in [4.69, 9.17) is 4.74 Å². The van der Waals surface area contributed by atoms with Crippen molar-refractivity contribution >= 4 is 5.91 Å². The van der Waals surface area contributed by atoms with Gasteiger partial charge in [-0.05, 0) is 44.2 Å². The third-order valence-electron chi connectivity index (χ3n) is 5.51. The van der Waals surface area contributed by atoms with Gasteiger partial charge in [0.05, 0.1) is 11.7 Å². The SMILES string of the molecule is COC1CCN([C@H]2CCC[C@H]2N(C)C(=O)c2cnccc2C)C1. The molecule has 1 amide bonds. The van der Waals surface area contributed by atoms with E-state index in [1.807, 2.05) is 24.9 Å². The molecule has 1 saturated carbocycles. The van der Waals surface area contributed by atoms with E-state index in [9.17, 15) is 4.79 Å². The number of hydrogen-bond donors (Lipinski definition) is 0. The van der Waals surface area contributed by atoms with Crippen LogP contribution >= 0.6 is 0 Å². The van der Waals surface area contributed by atoms with Gasteiger partial charge in [0.2, 0.25) is 0 Å². The van der Waals surface area contributed by atoms with Crippen molar-refractivity contribution in [2.75, 3.05) is 27.2 Å². The van der Waals surface area contributed by atoms with Crippen molar-refractivity contribution in [1.29, 1.82) is 0 Å². The molecule has 0 bridgehead atoms. The molecule has 0 N–H and O–H groups in total. The Bertz CT molecular complexity index is 563. The molecule has 5 nitrogen and oxygen atoms in total. The van der Waals surface area contributed by atoms with Gasteiger partial charge < -0.3 is 9.64 Å². The zero-order valence-electron chi connectivity index (χ0n) is 14.4. The Morgan fingerprint density at radius 2 is 2.22 bits per heavy atom. The molecule has 2 heterocycles. The average molecular weight is 317 g/mol. The normalized spacial score (nSPS) is 28.2. The van der Waals surface area contributed by atoms with Gasteiger partial charge in [0.25, 0.3) is 5.91 Å². The maximum atomic E-state index is 12.9. The van der Waals surface area contributed by atoms with Crippen molar-refractivity contribution in [2.24, 2.45) is 0 Å². The van der Waals surface area contributed by atoms with E-state index in [1.165, 1.54) is 12.8 Å². The van der Waals surface area contributed by atoms with Gasteiger partial charge in [0.1, 0.15) is 0 Å². The van der Waals surface area contributed by atoms with Gasteiger partial charge in [-0.15, -0.1) is 0 Å². The molecule has 3 rings (SSSR count). The Balaban J connectivity index is 1.72. The number of carbonyl (C=O) groups is 1. The van der Waals surface area contributed by atoms with Crippen LogP contribution in [-0.2, 0) is 4.74 Å². The number of pyridine rings is 1. The second-order valence-electron chi connectivity index (χ2n) is 6.81. The number of ether oxygens (including phenoxy) is 1. The van der Waals surface area contributed by atoms with E-state index < -0.39 is 0 Å². The molecule has 1 aromatic heterocycles. The molecule has 1 aromatic rings. The average Bonchev–Trinajstić information content (AvgIpc) is 3.22. The van der Waals surface area contributed by atoms with Crippen molar-refractivity contribution in [3.63, 3.8) is 0 Å². The number of hydrogen-bond acceptors (Lipinski definition) is 4. The highest BCUT2D eigenvalue weighted by Crippen LogP contribution is 2.31. The quantitative estimate of drug-likeness (QED) is 0.853. The first-order valence-electron chi connectivity index (χ1n) is 8.56. The molecule has 3 atom stereocenters. The van der Waals surface area contributed by atoms with Crippen LogP contribution in [0, 0.1) is 6.92 Å². The third kappa shape index (κ3) is 3.26. The summed E-state index contributed by atoms with van der Waals surface area (Å²) in [4.78, 5) is 21.5. The first-order valence-corrected chi connectivity index (χ1v) is 8.56. The molecule has 1 unspecified atom stereocenters. The van der Waals surface area contributed by atoms with Crippen LogP contribution in [0.1, 0.15) is 41.6 Å². The number of rotatable bonds is 4. The number of amides is 1. The predicted octanol–water partition coefficient (Wildman–Crippen LogP) is 2.10. The summed E-state index contributed by atoms with van der Waals surface area (Å²) in [5.41, 5.74) is 1.71. The summed E-state index contributed by atoms with van der Waals surface area (Å²) in [5, 5.41) is 0. The van der Waals surface area contributed by atoms with Crippen LogP contribution in [-0.4, -0.2) is 66.1 Å². The number of carbonyl (C=O) groups excluding carboxylic acids is 1. The molecular weight excluding hydrogens is 290 g/mol. The molecule has 1 aliphatic heterocycles. The Hall–Kier alpha value is -1.46. The van der Waals surface area contributed by atoms with Crippen LogP contribution in [0.15, 0.2) is 18.5 Å². The Kier molecular flexibility index (Phi) is 4.97. The first kappa shape index (κ1) is 16.4. The van der Waals surface area contributed by atoms with Crippen LogP contribution in [0.25, 0.3) is 0 Å². The van der Waals surface area contributed by atoms with Crippen LogP contribution in [0.3, 0.4) is 0 Å². The first-order chi connectivity index (χ1) is 11.1. The molecule has 23 heavy (non-hydrogen) atoms. The van der Waals surface area contributed by atoms with Gasteiger partial charge >= 0.3 is 0 Å². The Morgan fingerprint density at radius 1 is 1.39 bits per heavy atom. The largest absolute Gasteiger partial charge is 0.380 e. The molecular formula is C18H27N3O2. The van der Waals surface area contributed by atoms with E-state index in [2.05, 4.69) is 9.88 Å². The number of nitrogens with zero attached hydrogens (tertiary/aromatic N) is 3. The molecule has 5 heteroatoms. The Morgan fingerprint density at radius 3 is 2.91 bits per heavy atom. The standard InChI is InChI=1S/C18H27N3O2/c1-13-7-9-19-11-15(13)18(22)20(2)16-5-4-6-17(16)21-10-8-14(12-21)23-3/h7,9,11,14,16-17H,4-6,8,10,12H2,1-3H3/t14?,16-,17+/m1/s1. The van der Waals surface area contributed by atoms with E-state index in [-0.39, 0.29) is 11.9 Å². The van der Waals surface area contributed by atoms with Crippen molar-refractivity contribution in [3.8, 4) is 0 Å². The summed E-state index contributed by atoms with van der Waals surface area (Å²) in [6, 6.07) is 2.65. The fraction of sp³-hybridized carbons (Fsp3) is 0.667. The fourth-order valence-corrected chi connectivity index (χ4v) is 4.07. The summed E-state index contributed by atoms with van der Waals surface area (Å²) < 4.78 is 5.50. The lowest BCUT2D eigenvalue weighted by Crippen LogP contribution is -2.49. The van der Waals surface area contributed by atoms with Crippen molar-refractivity contribution < 1.29 is 9.53 Å². The molecule has 0 aromatic carbocycles. The highest BCUT2D eigenvalue weighted by atomic mass is 16.5. The van der Waals surface area contributed by atoms with Crippen LogP contribution in [0.2, 0.25) is 0 Å². The monoisotopic (exact) mass is 317 g/mol. The van der Waals surface area contributed by atoms with Gasteiger partial charge in [-0.1, -0.05) is 0 Å². The maximum absolute atomic E-state index is 12.9. The van der Waals surface area contributed by atoms with Crippen LogP contribution < -0.4 is 0 Å². The van der Waals surface area contributed by atoms with E-state index >= 15 is 0 Å². The Labute approximate surface area is 138 Å². The topological polar surface area (TPSA) is 45.7 Å². The van der Waals surface area contributed by atoms with Crippen molar-refractivity contribution in [2.45, 2.75) is 50.8 Å². The summed E-state index contributed by atoms with van der Waals surface area (Å²) in [6.45, 7) is 4.04. The molecule has 1 aliphatic carbocycles. The number of likely N-dealkylation sites (tertiary alicyclic amines) is 1. The van der Waals surface area contributed by atoms with Crippen molar-refractivity contribution in [1.82, 2.24) is 14.8 Å². The van der Waals surface area contributed by atoms with Crippen LogP contribution in [0.4, 0.5) is 0 Å². The van der Waals surface area contributed by atoms with Gasteiger partial charge in [0.15, 0.2) is 0 Å². The lowest BCUT2D eigenvalue weighted by atomic mass is 10.1. The van der Waals surface area contributed by atoms with Crippen molar-refractivity contribution in [3.05, 3.63) is 29.6 Å². The van der Waals surface area contributed by atoms with Gasteiger partial charge in [-0.25, -0.2) is 0 Å². The predicted molar refractivity (Wildman–Crippen MR) is 89.5 cm³/mol. The second kappa shape index (κ2) is 6.97. The van der Waals surface area contributed by atoms with Gasteiger partial charge in [-0.2, -0.15) is 0 Å². The minimum atomic E-state index is 0.0926. The third-order valence-corrected chi connectivity index (χ3v) is 5.51. The lowest BCUT2D eigenvalue weighted by molar-refractivity contribution is 0.0604. The van der Waals surface area contributed by atoms with Gasteiger partial charge in [-0.3, -0.25) is 14.7 Å². The van der Waals surface area contributed by atoms with E-state index in [0.29, 0.717) is 12.1 Å². The lowest BCUT2D eigenvalue weighted by Gasteiger charge is -2.35. The number of aromatic nitrogens is 1. The zero-order chi connectivity index (χ0) is 16.4. The highest BCUT2D eigenvalue weighted by molar-refractivity contribution is 5.95. The number of aryl methyl sites for hydroxylation is 1. The van der Waals surface area contributed by atoms with Crippen LogP contribution in [0.5, 0.6) is 0 Å². The maximum Gasteiger partial charge on any atom is 0.255 e. The zero-order valence-corrected chi connectivity index (χ0v) is 14.4. The molecule has 2 aliphatic rings. The second-order valence-corrected chi connectivity index (χ2v) is 6.81. The summed E-state index contributed by atoms with van der Waals surface area (Å²) in [6.07, 6.45) is 8.31. The summed E-state index contributed by atoms with van der Waals surface area (Å²) in [5.74, 6) is 0.0926. The minimum Gasteiger partial charge on any atom is -0.380 e. The summed E-state index contributed by atoms with van der Waals surface area (Å²) >= 11 is 0. The fourth-order valence-electron chi connectivity index (χ4n) is 4.07. The van der Waals surface area contributed by atoms with E-state index in [1.54, 1.807) is 19.5 Å². The smallest absolute Gasteiger partial charge is 0.255 e. The molecule has 126 valence electrons. The summed E-state index contributed by atoms with van der Waals surface area (Å²) in [7, 11) is 3.74. The van der Waals surface area contributed by atoms with Gasteiger partial charge in [0, 0.05) is 51.7 Å². The highest BCUT2D eigenvalue weighted by Gasteiger charge is 2.39. The van der Waals surface area contributed by atoms with E-state index in [0.717, 1.165) is 37.1 Å². The molecule has 2 fully saturated rings. The molecule has 0 radical (unpaired) electrons. The minimum absolute atomic E-state index is 0.0926. The number of methoxy groups -OCH3 is 1. The number of likely N-dealkylation sites (N-methyl/N-ethyl adjacent to an activating group) is 1. The molecule has 1 saturated heterocycles.